The lowest BCUT2D eigenvalue weighted by Gasteiger charge is -2.05. The van der Waals surface area contributed by atoms with Gasteiger partial charge in [0.1, 0.15) is 5.01 Å². The van der Waals surface area contributed by atoms with Crippen LogP contribution in [0.4, 0.5) is 13.2 Å². The van der Waals surface area contributed by atoms with E-state index in [1.807, 2.05) is 6.92 Å². The summed E-state index contributed by atoms with van der Waals surface area (Å²) in [4.78, 5) is 3.92. The van der Waals surface area contributed by atoms with Gasteiger partial charge in [-0.2, -0.15) is 18.3 Å². The molecule has 0 fully saturated rings. The smallest absolute Gasteiger partial charge is 0.312 e. The highest BCUT2D eigenvalue weighted by Gasteiger charge is 2.37. The second-order valence-electron chi connectivity index (χ2n) is 3.97. The Kier molecular flexibility index (Phi) is 3.91. The minimum atomic E-state index is -4.43. The summed E-state index contributed by atoms with van der Waals surface area (Å²) in [6, 6.07) is 0. The zero-order valence-corrected chi connectivity index (χ0v) is 11.3. The maximum atomic E-state index is 12.9. The number of hydrogen-bond acceptors (Lipinski definition) is 4. The van der Waals surface area contributed by atoms with Crippen molar-refractivity contribution in [3.63, 3.8) is 0 Å². The van der Waals surface area contributed by atoms with Gasteiger partial charge in [-0.15, -0.1) is 11.3 Å². The first-order valence-corrected chi connectivity index (χ1v) is 6.50. The van der Waals surface area contributed by atoms with Gasteiger partial charge in [-0.05, 0) is 6.54 Å². The van der Waals surface area contributed by atoms with Crippen LogP contribution in [0.25, 0.3) is 10.6 Å². The Morgan fingerprint density at radius 2 is 2.16 bits per heavy atom. The number of hydrogen-bond donors (Lipinski definition) is 1. The average molecular weight is 290 g/mol. The van der Waals surface area contributed by atoms with Gasteiger partial charge in [-0.3, -0.25) is 4.68 Å². The van der Waals surface area contributed by atoms with E-state index in [-0.39, 0.29) is 11.4 Å². The highest BCUT2D eigenvalue weighted by atomic mass is 32.1. The van der Waals surface area contributed by atoms with Crippen molar-refractivity contribution in [3.05, 3.63) is 23.0 Å². The monoisotopic (exact) mass is 290 g/mol. The quantitative estimate of drug-likeness (QED) is 0.941. The highest BCUT2D eigenvalue weighted by molar-refractivity contribution is 7.15. The number of alkyl halides is 3. The second-order valence-corrected chi connectivity index (χ2v) is 5.06. The number of halogens is 3. The molecule has 0 aliphatic heterocycles. The van der Waals surface area contributed by atoms with E-state index >= 15 is 0 Å². The molecule has 0 spiro atoms. The fourth-order valence-corrected chi connectivity index (χ4v) is 2.61. The van der Waals surface area contributed by atoms with Crippen molar-refractivity contribution < 1.29 is 13.2 Å². The van der Waals surface area contributed by atoms with Crippen molar-refractivity contribution in [3.8, 4) is 10.6 Å². The molecule has 0 unspecified atom stereocenters. The standard InChI is InChI=1S/C11H13F3N4S/c1-3-15-5-8-9(11(12,13)14)17-10(19-8)7-4-16-18(2)6-7/h4,6,15H,3,5H2,1-2H3. The van der Waals surface area contributed by atoms with Crippen LogP contribution < -0.4 is 5.32 Å². The molecule has 2 heterocycles. The second kappa shape index (κ2) is 5.30. The van der Waals surface area contributed by atoms with Crippen LogP contribution in [0.1, 0.15) is 17.5 Å². The molecule has 0 bridgehead atoms. The predicted molar refractivity (Wildman–Crippen MR) is 66.7 cm³/mol. The van der Waals surface area contributed by atoms with Crippen LogP contribution in [0.3, 0.4) is 0 Å². The maximum absolute atomic E-state index is 12.9. The van der Waals surface area contributed by atoms with E-state index in [0.29, 0.717) is 17.1 Å². The van der Waals surface area contributed by atoms with E-state index in [2.05, 4.69) is 15.4 Å². The van der Waals surface area contributed by atoms with E-state index < -0.39 is 11.9 Å². The molecule has 0 aromatic carbocycles. The van der Waals surface area contributed by atoms with Crippen LogP contribution in [-0.2, 0) is 19.8 Å². The van der Waals surface area contributed by atoms with Gasteiger partial charge < -0.3 is 5.32 Å². The van der Waals surface area contributed by atoms with Crippen LogP contribution in [0.15, 0.2) is 12.4 Å². The summed E-state index contributed by atoms with van der Waals surface area (Å²) in [6.45, 7) is 2.62. The lowest BCUT2D eigenvalue weighted by Crippen LogP contribution is -2.15. The van der Waals surface area contributed by atoms with E-state index in [0.717, 1.165) is 11.3 Å². The van der Waals surface area contributed by atoms with Crippen LogP contribution in [0.5, 0.6) is 0 Å². The molecule has 0 saturated heterocycles. The fourth-order valence-electron chi connectivity index (χ4n) is 1.59. The first-order chi connectivity index (χ1) is 8.91. The van der Waals surface area contributed by atoms with Crippen LogP contribution in [0, 0.1) is 0 Å². The Morgan fingerprint density at radius 3 is 2.68 bits per heavy atom. The summed E-state index contributed by atoms with van der Waals surface area (Å²) in [5, 5.41) is 7.18. The minimum absolute atomic E-state index is 0.170. The molecule has 1 N–H and O–H groups in total. The molecule has 0 aliphatic carbocycles. The summed E-state index contributed by atoms with van der Waals surface area (Å²) >= 11 is 1.05. The SMILES string of the molecule is CCNCc1sc(-c2cnn(C)c2)nc1C(F)(F)F. The number of aromatic nitrogens is 3. The van der Waals surface area contributed by atoms with E-state index in [9.17, 15) is 13.2 Å². The largest absolute Gasteiger partial charge is 0.434 e. The minimum Gasteiger partial charge on any atom is -0.312 e. The maximum Gasteiger partial charge on any atom is 0.434 e. The summed E-state index contributed by atoms with van der Waals surface area (Å²) in [7, 11) is 1.71. The summed E-state index contributed by atoms with van der Waals surface area (Å²) in [5.41, 5.74) is -0.210. The Bertz CT molecular complexity index is 559. The molecule has 0 saturated carbocycles. The van der Waals surface area contributed by atoms with Crippen molar-refractivity contribution in [1.29, 1.82) is 0 Å². The molecule has 104 valence electrons. The molecule has 8 heteroatoms. The van der Waals surface area contributed by atoms with E-state index in [1.54, 1.807) is 13.2 Å². The number of rotatable bonds is 4. The zero-order chi connectivity index (χ0) is 14.0. The Labute approximate surface area is 112 Å². The molecule has 0 amide bonds. The summed E-state index contributed by atoms with van der Waals surface area (Å²) in [6.07, 6.45) is -1.27. The van der Waals surface area contributed by atoms with Crippen LogP contribution in [0.2, 0.25) is 0 Å². The highest BCUT2D eigenvalue weighted by Crippen LogP contribution is 2.37. The molecule has 4 nitrogen and oxygen atoms in total. The van der Waals surface area contributed by atoms with Gasteiger partial charge in [0.2, 0.25) is 0 Å². The van der Waals surface area contributed by atoms with Gasteiger partial charge in [0.05, 0.1) is 11.1 Å². The van der Waals surface area contributed by atoms with Gasteiger partial charge in [-0.1, -0.05) is 6.92 Å². The third kappa shape index (κ3) is 3.13. The molecule has 2 aromatic heterocycles. The van der Waals surface area contributed by atoms with Crippen molar-refractivity contribution in [2.45, 2.75) is 19.6 Å². The van der Waals surface area contributed by atoms with Crippen LogP contribution in [-0.4, -0.2) is 21.3 Å². The molecule has 0 aliphatic rings. The molecule has 0 radical (unpaired) electrons. The topological polar surface area (TPSA) is 42.7 Å². The lowest BCUT2D eigenvalue weighted by molar-refractivity contribution is -0.141. The summed E-state index contributed by atoms with van der Waals surface area (Å²) in [5.74, 6) is 0. The van der Waals surface area contributed by atoms with Gasteiger partial charge >= 0.3 is 6.18 Å². The Balaban J connectivity index is 2.39. The lowest BCUT2D eigenvalue weighted by atomic mass is 10.3. The van der Waals surface area contributed by atoms with Crippen molar-refractivity contribution in [2.24, 2.45) is 7.05 Å². The molecular weight excluding hydrogens is 277 g/mol. The first-order valence-electron chi connectivity index (χ1n) is 5.68. The Morgan fingerprint density at radius 1 is 1.42 bits per heavy atom. The number of nitrogens with zero attached hydrogens (tertiary/aromatic N) is 3. The molecule has 19 heavy (non-hydrogen) atoms. The predicted octanol–water partition coefficient (Wildman–Crippen LogP) is 2.67. The van der Waals surface area contributed by atoms with E-state index in [1.165, 1.54) is 10.9 Å². The number of nitrogens with one attached hydrogen (secondary N) is 1. The van der Waals surface area contributed by atoms with Gasteiger partial charge in [0, 0.05) is 25.4 Å². The van der Waals surface area contributed by atoms with Gasteiger partial charge in [-0.25, -0.2) is 4.98 Å². The molecular formula is C11H13F3N4S. The Hall–Kier alpha value is -1.41. The van der Waals surface area contributed by atoms with E-state index in [4.69, 9.17) is 0 Å². The van der Waals surface area contributed by atoms with Crippen molar-refractivity contribution in [2.75, 3.05) is 6.54 Å². The molecule has 2 rings (SSSR count). The third-order valence-electron chi connectivity index (χ3n) is 2.45. The van der Waals surface area contributed by atoms with Crippen LogP contribution >= 0.6 is 11.3 Å². The number of thiazole rings is 1. The zero-order valence-electron chi connectivity index (χ0n) is 10.5. The third-order valence-corrected chi connectivity index (χ3v) is 3.56. The van der Waals surface area contributed by atoms with Crippen molar-refractivity contribution in [1.82, 2.24) is 20.1 Å². The van der Waals surface area contributed by atoms with Gasteiger partial charge in [0.25, 0.3) is 0 Å². The summed E-state index contributed by atoms with van der Waals surface area (Å²) < 4.78 is 40.3. The molecule has 2 aromatic rings. The average Bonchev–Trinajstić information content (AvgIpc) is 2.91. The molecule has 0 atom stereocenters. The number of aryl methyl sites for hydroxylation is 1. The normalized spacial score (nSPS) is 12.1. The first kappa shape index (κ1) is 14.0. The van der Waals surface area contributed by atoms with Gasteiger partial charge in [0.15, 0.2) is 5.69 Å². The fraction of sp³-hybridized carbons (Fsp3) is 0.455. The van der Waals surface area contributed by atoms with Crippen molar-refractivity contribution >= 4 is 11.3 Å².